The van der Waals surface area contributed by atoms with Crippen molar-refractivity contribution in [2.75, 3.05) is 0 Å². The maximum absolute atomic E-state index is 5.22. The summed E-state index contributed by atoms with van der Waals surface area (Å²) < 4.78 is 5.78. The van der Waals surface area contributed by atoms with E-state index in [1.165, 1.54) is 145 Å². The van der Waals surface area contributed by atoms with Crippen molar-refractivity contribution in [3.8, 4) is 0 Å². The van der Waals surface area contributed by atoms with Gasteiger partial charge in [0.25, 0.3) is 0 Å². The third-order valence-corrected chi connectivity index (χ3v) is 19.7. The monoisotopic (exact) mass is 768 g/mol. The number of unbranched alkanes of at least 4 members (excludes halogenated alkanes) is 12. The molecule has 2 nitrogen and oxygen atoms in total. The number of aromatic nitrogens is 2. The molecule has 0 N–H and O–H groups in total. The molecule has 5 rings (SSSR count). The minimum absolute atomic E-state index is 1.12. The summed E-state index contributed by atoms with van der Waals surface area (Å²) in [6, 6.07) is 0. The van der Waals surface area contributed by atoms with Crippen LogP contribution < -0.4 is 0 Å². The standard InChI is InChI=1S/C36H52N2S8/c1-5-9-13-17-21-25-26(22-18-14-10-6-2)40-33(39-25)35-43-29-30(44-35)38-32-31(37-29)45-36(46-32)34-41-27(23-19-15-11-7-3)28(42-34)24-20-16-12-8-4/h5-24H2,1-4H3. The number of hydrogen-bond donors (Lipinski definition) is 0. The second-order valence-electron chi connectivity index (χ2n) is 12.3. The Balaban J connectivity index is 1.22. The second-order valence-corrected chi connectivity index (χ2v) is 21.8. The minimum atomic E-state index is 1.12. The molecule has 4 aliphatic rings. The molecule has 0 bridgehead atoms. The van der Waals surface area contributed by atoms with Gasteiger partial charge in [-0.05, 0) is 51.4 Å². The molecule has 5 heterocycles. The summed E-state index contributed by atoms with van der Waals surface area (Å²) in [4.78, 5) is 17.0. The molecule has 0 spiro atoms. The van der Waals surface area contributed by atoms with Crippen LogP contribution in [0.25, 0.3) is 0 Å². The van der Waals surface area contributed by atoms with Crippen molar-refractivity contribution in [3.05, 3.63) is 36.6 Å². The first kappa shape index (κ1) is 38.1. The van der Waals surface area contributed by atoms with E-state index in [0.717, 1.165) is 20.1 Å². The molecular weight excluding hydrogens is 717 g/mol. The molecule has 0 atom stereocenters. The van der Waals surface area contributed by atoms with Crippen LogP contribution in [0.2, 0.25) is 0 Å². The van der Waals surface area contributed by atoms with Crippen molar-refractivity contribution in [3.63, 3.8) is 0 Å². The van der Waals surface area contributed by atoms with E-state index in [1.807, 2.05) is 47.0 Å². The zero-order chi connectivity index (χ0) is 32.1. The lowest BCUT2D eigenvalue weighted by Gasteiger charge is -2.05. The normalized spacial score (nSPS) is 17.8. The van der Waals surface area contributed by atoms with Crippen LogP contribution in [0, 0.1) is 0 Å². The first-order valence-corrected chi connectivity index (χ1v) is 24.4. The molecule has 1 aromatic rings. The zero-order valence-electron chi connectivity index (χ0n) is 28.3. The molecule has 0 unspecified atom stereocenters. The number of nitrogens with zero attached hydrogens (tertiary/aromatic N) is 2. The quantitative estimate of drug-likeness (QED) is 0.119. The predicted molar refractivity (Wildman–Crippen MR) is 219 cm³/mol. The first-order chi connectivity index (χ1) is 22.6. The molecule has 0 saturated heterocycles. The van der Waals surface area contributed by atoms with Gasteiger partial charge in [0.05, 0.1) is 16.9 Å². The lowest BCUT2D eigenvalue weighted by Crippen LogP contribution is -1.88. The summed E-state index contributed by atoms with van der Waals surface area (Å²) in [5, 5.41) is 4.47. The van der Waals surface area contributed by atoms with Gasteiger partial charge >= 0.3 is 0 Å². The van der Waals surface area contributed by atoms with Crippen LogP contribution in [0.4, 0.5) is 0 Å². The smallest absolute Gasteiger partial charge is 0.135 e. The van der Waals surface area contributed by atoms with Crippen LogP contribution in [0.1, 0.15) is 156 Å². The molecule has 4 aliphatic heterocycles. The number of rotatable bonds is 20. The van der Waals surface area contributed by atoms with E-state index >= 15 is 0 Å². The SMILES string of the molecule is CCCCCCC1=C(CCCCCC)SC(=C2Sc3nc4c(nc3S2)SC(=C2SC(CCCCCC)=C(CCCCCC)S2)S4)S1. The van der Waals surface area contributed by atoms with Crippen molar-refractivity contribution < 1.29 is 0 Å². The van der Waals surface area contributed by atoms with Gasteiger partial charge < -0.3 is 0 Å². The molecule has 0 aliphatic carbocycles. The Kier molecular flexibility index (Phi) is 17.1. The Morgan fingerprint density at radius 1 is 0.304 bits per heavy atom. The highest BCUT2D eigenvalue weighted by Crippen LogP contribution is 2.64. The van der Waals surface area contributed by atoms with Crippen molar-refractivity contribution >= 4 is 94.1 Å². The van der Waals surface area contributed by atoms with E-state index < -0.39 is 0 Å². The molecule has 254 valence electrons. The van der Waals surface area contributed by atoms with E-state index in [9.17, 15) is 0 Å². The van der Waals surface area contributed by atoms with E-state index in [1.54, 1.807) is 19.6 Å². The van der Waals surface area contributed by atoms with Crippen LogP contribution in [0.5, 0.6) is 0 Å². The van der Waals surface area contributed by atoms with Crippen molar-refractivity contribution in [1.82, 2.24) is 9.97 Å². The van der Waals surface area contributed by atoms with Crippen LogP contribution in [0.15, 0.2) is 56.7 Å². The molecule has 10 heteroatoms. The molecule has 0 saturated carbocycles. The van der Waals surface area contributed by atoms with Gasteiger partial charge in [-0.2, -0.15) is 0 Å². The predicted octanol–water partition coefficient (Wildman–Crippen LogP) is 16.4. The van der Waals surface area contributed by atoms with Gasteiger partial charge in [-0.15, -0.1) is 0 Å². The third kappa shape index (κ3) is 10.9. The van der Waals surface area contributed by atoms with Gasteiger partial charge in [0.1, 0.15) is 20.1 Å². The number of thioether (sulfide) groups is 8. The van der Waals surface area contributed by atoms with Crippen LogP contribution >= 0.6 is 94.1 Å². The largest absolute Gasteiger partial charge is 0.229 e. The zero-order valence-corrected chi connectivity index (χ0v) is 34.8. The van der Waals surface area contributed by atoms with Crippen LogP contribution in [0.3, 0.4) is 0 Å². The molecule has 0 aromatic carbocycles. The van der Waals surface area contributed by atoms with E-state index in [-0.39, 0.29) is 0 Å². The lowest BCUT2D eigenvalue weighted by atomic mass is 10.1. The van der Waals surface area contributed by atoms with E-state index in [0.29, 0.717) is 0 Å². The fourth-order valence-electron chi connectivity index (χ4n) is 5.70. The Hall–Kier alpha value is 0.840. The van der Waals surface area contributed by atoms with Gasteiger partial charge in [-0.1, -0.05) is 199 Å². The molecule has 0 fully saturated rings. The third-order valence-electron chi connectivity index (χ3n) is 8.38. The Bertz CT molecular complexity index is 1130. The summed E-state index contributed by atoms with van der Waals surface area (Å²) >= 11 is 15.8. The van der Waals surface area contributed by atoms with Crippen molar-refractivity contribution in [2.24, 2.45) is 0 Å². The van der Waals surface area contributed by atoms with Gasteiger partial charge in [-0.3, -0.25) is 0 Å². The van der Waals surface area contributed by atoms with Crippen molar-refractivity contribution in [1.29, 1.82) is 0 Å². The molecule has 0 radical (unpaired) electrons. The average Bonchev–Trinajstić information content (AvgIpc) is 3.85. The van der Waals surface area contributed by atoms with E-state index in [2.05, 4.69) is 74.7 Å². The molecule has 1 aromatic heterocycles. The van der Waals surface area contributed by atoms with Gasteiger partial charge in [0.15, 0.2) is 0 Å². The fraction of sp³-hybridized carbons (Fsp3) is 0.667. The Morgan fingerprint density at radius 2 is 0.543 bits per heavy atom. The van der Waals surface area contributed by atoms with Crippen LogP contribution in [-0.2, 0) is 0 Å². The van der Waals surface area contributed by atoms with Gasteiger partial charge in [-0.25, -0.2) is 9.97 Å². The fourth-order valence-corrected chi connectivity index (χ4v) is 16.8. The number of allylic oxidation sites excluding steroid dienone is 4. The summed E-state index contributed by atoms with van der Waals surface area (Å²) in [5.74, 6) is 0. The maximum Gasteiger partial charge on any atom is 0.135 e. The minimum Gasteiger partial charge on any atom is -0.229 e. The lowest BCUT2D eigenvalue weighted by molar-refractivity contribution is 0.661. The number of fused-ring (bicyclic) bond motifs is 2. The average molecular weight is 769 g/mol. The van der Waals surface area contributed by atoms with Gasteiger partial charge in [0, 0.05) is 19.6 Å². The highest BCUT2D eigenvalue weighted by atomic mass is 32.2. The molecule has 46 heavy (non-hydrogen) atoms. The summed E-state index contributed by atoms with van der Waals surface area (Å²) in [7, 11) is 0. The van der Waals surface area contributed by atoms with Gasteiger partial charge in [0.2, 0.25) is 0 Å². The highest BCUT2D eigenvalue weighted by Gasteiger charge is 2.34. The summed E-state index contributed by atoms with van der Waals surface area (Å²) in [6.07, 6.45) is 26.4. The summed E-state index contributed by atoms with van der Waals surface area (Å²) in [6.45, 7) is 9.23. The Labute approximate surface area is 314 Å². The van der Waals surface area contributed by atoms with E-state index in [4.69, 9.17) is 9.97 Å². The van der Waals surface area contributed by atoms with Crippen LogP contribution in [-0.4, -0.2) is 9.97 Å². The number of hydrogen-bond acceptors (Lipinski definition) is 10. The molecule has 0 amide bonds. The highest BCUT2D eigenvalue weighted by molar-refractivity contribution is 8.33. The first-order valence-electron chi connectivity index (χ1n) is 17.9. The maximum atomic E-state index is 5.22. The molecular formula is C36H52N2S8. The Morgan fingerprint density at radius 3 is 0.783 bits per heavy atom. The topological polar surface area (TPSA) is 25.8 Å². The van der Waals surface area contributed by atoms with Crippen molar-refractivity contribution in [2.45, 2.75) is 176 Å². The summed E-state index contributed by atoms with van der Waals surface area (Å²) in [5.41, 5.74) is 0. The second kappa shape index (κ2) is 20.6.